The number of rotatable bonds is 5. The van der Waals surface area contributed by atoms with Crippen molar-refractivity contribution in [3.05, 3.63) is 35.9 Å². The number of carboxylic acid groups (broad SMARTS) is 1. The topological polar surface area (TPSA) is 81.2 Å². The van der Waals surface area contributed by atoms with Crippen molar-refractivity contribution in [2.75, 3.05) is 33.2 Å². The highest BCUT2D eigenvalue weighted by molar-refractivity contribution is 5.86. The van der Waals surface area contributed by atoms with Crippen LogP contribution in [0.2, 0.25) is 0 Å². The lowest BCUT2D eigenvalue weighted by atomic mass is 9.95. The van der Waals surface area contributed by atoms with Gasteiger partial charge in [0.05, 0.1) is 5.92 Å². The van der Waals surface area contributed by atoms with Crippen molar-refractivity contribution in [1.29, 1.82) is 0 Å². The summed E-state index contributed by atoms with van der Waals surface area (Å²) in [7, 11) is 1.56. The van der Waals surface area contributed by atoms with E-state index in [1.54, 1.807) is 11.9 Å². The summed E-state index contributed by atoms with van der Waals surface area (Å²) in [5, 5.41) is 9.67. The molecule has 0 aliphatic carbocycles. The van der Waals surface area contributed by atoms with Crippen LogP contribution in [0.15, 0.2) is 30.3 Å². The molecule has 2 aliphatic rings. The van der Waals surface area contributed by atoms with Gasteiger partial charge in [-0.3, -0.25) is 4.79 Å². The summed E-state index contributed by atoms with van der Waals surface area (Å²) < 4.78 is 0. The second-order valence-corrected chi connectivity index (χ2v) is 7.75. The smallest absolute Gasteiger partial charge is 0.326 e. The minimum absolute atomic E-state index is 0.0109. The van der Waals surface area contributed by atoms with Crippen LogP contribution in [0.1, 0.15) is 31.2 Å². The van der Waals surface area contributed by atoms with Crippen molar-refractivity contribution in [2.45, 2.75) is 38.1 Å². The lowest BCUT2D eigenvalue weighted by Crippen LogP contribution is -2.52. The Balaban J connectivity index is 1.64. The van der Waals surface area contributed by atoms with Gasteiger partial charge in [-0.05, 0) is 31.2 Å². The Kier molecular flexibility index (Phi) is 6.54. The maximum absolute atomic E-state index is 13.0. The standard InChI is InChI=1S/C21H29N3O4/c1-22(18(20(26)27)14-16-8-3-2-4-9-16)19(25)17-10-7-13-24(15-17)21(28)23-11-5-6-12-23/h2-4,8-9,17-18H,5-7,10-15H2,1H3,(H,26,27). The highest BCUT2D eigenvalue weighted by atomic mass is 16.4. The molecular formula is C21H29N3O4. The molecule has 1 aromatic carbocycles. The number of hydrogen-bond donors (Lipinski definition) is 1. The van der Waals surface area contributed by atoms with Gasteiger partial charge < -0.3 is 19.8 Å². The van der Waals surface area contributed by atoms with Crippen LogP contribution in [-0.4, -0.2) is 77.0 Å². The van der Waals surface area contributed by atoms with Gasteiger partial charge in [0.2, 0.25) is 5.91 Å². The van der Waals surface area contributed by atoms with Crippen LogP contribution in [0, 0.1) is 5.92 Å². The van der Waals surface area contributed by atoms with Gasteiger partial charge in [0.25, 0.3) is 0 Å². The minimum Gasteiger partial charge on any atom is -0.480 e. The van der Waals surface area contributed by atoms with Gasteiger partial charge in [0.1, 0.15) is 6.04 Å². The van der Waals surface area contributed by atoms with E-state index in [0.29, 0.717) is 19.5 Å². The zero-order chi connectivity index (χ0) is 20.1. The van der Waals surface area contributed by atoms with Crippen molar-refractivity contribution in [2.24, 2.45) is 5.92 Å². The number of likely N-dealkylation sites (N-methyl/N-ethyl adjacent to an activating group) is 1. The molecule has 1 aromatic rings. The van der Waals surface area contributed by atoms with Crippen molar-refractivity contribution >= 4 is 17.9 Å². The first kappa shape index (κ1) is 20.2. The molecule has 2 heterocycles. The first-order chi connectivity index (χ1) is 13.5. The maximum atomic E-state index is 13.0. The number of amides is 3. The van der Waals surface area contributed by atoms with Crippen LogP contribution >= 0.6 is 0 Å². The van der Waals surface area contributed by atoms with E-state index in [-0.39, 0.29) is 24.3 Å². The van der Waals surface area contributed by atoms with Gasteiger partial charge in [0.15, 0.2) is 0 Å². The lowest BCUT2D eigenvalue weighted by Gasteiger charge is -2.37. The van der Waals surface area contributed by atoms with Crippen LogP contribution in [0.25, 0.3) is 0 Å². The third-order valence-electron chi connectivity index (χ3n) is 5.79. The number of carbonyl (C=O) groups is 3. The Labute approximate surface area is 165 Å². The van der Waals surface area contributed by atoms with E-state index in [2.05, 4.69) is 0 Å². The Bertz CT molecular complexity index is 703. The fraction of sp³-hybridized carbons (Fsp3) is 0.571. The van der Waals surface area contributed by atoms with Gasteiger partial charge in [-0.25, -0.2) is 9.59 Å². The summed E-state index contributed by atoms with van der Waals surface area (Å²) in [6.07, 6.45) is 3.78. The van der Waals surface area contributed by atoms with Crippen LogP contribution in [-0.2, 0) is 16.0 Å². The molecule has 2 saturated heterocycles. The molecule has 0 saturated carbocycles. The summed E-state index contributed by atoms with van der Waals surface area (Å²) in [6.45, 7) is 2.60. The summed E-state index contributed by atoms with van der Waals surface area (Å²) >= 11 is 0. The van der Waals surface area contributed by atoms with Gasteiger partial charge in [0, 0.05) is 39.6 Å². The first-order valence-corrected chi connectivity index (χ1v) is 10.0. The zero-order valence-corrected chi connectivity index (χ0v) is 16.4. The van der Waals surface area contributed by atoms with Crippen molar-refractivity contribution in [3.8, 4) is 0 Å². The van der Waals surface area contributed by atoms with Crippen LogP contribution in [0.4, 0.5) is 4.79 Å². The number of piperidine rings is 1. The second-order valence-electron chi connectivity index (χ2n) is 7.75. The van der Waals surface area contributed by atoms with E-state index in [9.17, 15) is 19.5 Å². The fourth-order valence-electron chi connectivity index (χ4n) is 4.13. The number of urea groups is 1. The van der Waals surface area contributed by atoms with Crippen LogP contribution < -0.4 is 0 Å². The predicted octanol–water partition coefficient (Wildman–Crippen LogP) is 2.07. The molecule has 0 bridgehead atoms. The van der Waals surface area contributed by atoms with E-state index < -0.39 is 12.0 Å². The fourth-order valence-corrected chi connectivity index (χ4v) is 4.13. The molecule has 2 fully saturated rings. The SMILES string of the molecule is CN(C(=O)C1CCCN(C(=O)N2CCCC2)C1)C(Cc1ccccc1)C(=O)O. The molecule has 7 nitrogen and oxygen atoms in total. The molecule has 0 spiro atoms. The quantitative estimate of drug-likeness (QED) is 0.839. The monoisotopic (exact) mass is 387 g/mol. The van der Waals surface area contributed by atoms with Gasteiger partial charge in [-0.15, -0.1) is 0 Å². The molecule has 0 aromatic heterocycles. The Morgan fingerprint density at radius 3 is 2.36 bits per heavy atom. The van der Waals surface area contributed by atoms with Crippen molar-refractivity contribution < 1.29 is 19.5 Å². The molecule has 2 aliphatic heterocycles. The molecule has 2 unspecified atom stereocenters. The third kappa shape index (κ3) is 4.64. The highest BCUT2D eigenvalue weighted by Gasteiger charge is 2.36. The number of likely N-dealkylation sites (tertiary alicyclic amines) is 2. The molecule has 1 N–H and O–H groups in total. The number of carbonyl (C=O) groups excluding carboxylic acids is 2. The third-order valence-corrected chi connectivity index (χ3v) is 5.79. The molecule has 28 heavy (non-hydrogen) atoms. The average Bonchev–Trinajstić information content (AvgIpc) is 3.26. The first-order valence-electron chi connectivity index (χ1n) is 10.0. The molecule has 0 radical (unpaired) electrons. The molecule has 3 amide bonds. The van der Waals surface area contributed by atoms with Crippen LogP contribution in [0.5, 0.6) is 0 Å². The number of carboxylic acids is 1. The van der Waals surface area contributed by atoms with Gasteiger partial charge in [-0.1, -0.05) is 30.3 Å². The summed E-state index contributed by atoms with van der Waals surface area (Å²) in [5.41, 5.74) is 0.879. The second kappa shape index (κ2) is 9.08. The molecule has 3 rings (SSSR count). The molecular weight excluding hydrogens is 358 g/mol. The van der Waals surface area contributed by atoms with Gasteiger partial charge in [-0.2, -0.15) is 0 Å². The number of aliphatic carboxylic acids is 1. The molecule has 152 valence electrons. The molecule has 7 heteroatoms. The normalized spacial score (nSPS) is 20.7. The van der Waals surface area contributed by atoms with Gasteiger partial charge >= 0.3 is 12.0 Å². The minimum atomic E-state index is -1.01. The van der Waals surface area contributed by atoms with E-state index in [1.165, 1.54) is 4.90 Å². The predicted molar refractivity (Wildman–Crippen MR) is 105 cm³/mol. The lowest BCUT2D eigenvalue weighted by molar-refractivity contribution is -0.151. The van der Waals surface area contributed by atoms with Crippen LogP contribution in [0.3, 0.4) is 0 Å². The highest BCUT2D eigenvalue weighted by Crippen LogP contribution is 2.22. The Hall–Kier alpha value is -2.57. The summed E-state index contributed by atoms with van der Waals surface area (Å²) in [4.78, 5) is 42.5. The number of hydrogen-bond acceptors (Lipinski definition) is 3. The zero-order valence-electron chi connectivity index (χ0n) is 16.4. The molecule has 2 atom stereocenters. The van der Waals surface area contributed by atoms with E-state index in [1.807, 2.05) is 35.2 Å². The van der Waals surface area contributed by atoms with Crippen molar-refractivity contribution in [3.63, 3.8) is 0 Å². The summed E-state index contributed by atoms with van der Waals surface area (Å²) in [5.74, 6) is -1.55. The number of benzene rings is 1. The van der Waals surface area contributed by atoms with E-state index in [0.717, 1.165) is 37.9 Å². The van der Waals surface area contributed by atoms with Crippen molar-refractivity contribution in [1.82, 2.24) is 14.7 Å². The maximum Gasteiger partial charge on any atom is 0.326 e. The summed E-state index contributed by atoms with van der Waals surface area (Å²) in [6, 6.07) is 8.42. The Morgan fingerprint density at radius 1 is 1.07 bits per heavy atom. The average molecular weight is 387 g/mol. The number of nitrogens with zero attached hydrogens (tertiary/aromatic N) is 3. The largest absolute Gasteiger partial charge is 0.480 e. The van der Waals surface area contributed by atoms with E-state index in [4.69, 9.17) is 0 Å². The Morgan fingerprint density at radius 2 is 1.71 bits per heavy atom. The van der Waals surface area contributed by atoms with E-state index >= 15 is 0 Å².